The zero-order valence-corrected chi connectivity index (χ0v) is 13.2. The Morgan fingerprint density at radius 2 is 1.76 bits per heavy atom. The molecule has 0 aliphatic carbocycles. The second-order valence-corrected chi connectivity index (χ2v) is 5.42. The molecule has 1 atom stereocenters. The van der Waals surface area contributed by atoms with Crippen molar-refractivity contribution in [2.24, 2.45) is 5.92 Å². The van der Waals surface area contributed by atoms with Gasteiger partial charge in [-0.05, 0) is 31.5 Å². The van der Waals surface area contributed by atoms with Gasteiger partial charge in [0.15, 0.2) is 0 Å². The van der Waals surface area contributed by atoms with Crippen molar-refractivity contribution < 1.29 is 9.59 Å². The Kier molecular flexibility index (Phi) is 6.88. The van der Waals surface area contributed by atoms with E-state index in [2.05, 4.69) is 36.3 Å². The van der Waals surface area contributed by atoms with Crippen LogP contribution in [-0.4, -0.2) is 36.0 Å². The molecule has 0 radical (unpaired) electrons. The van der Waals surface area contributed by atoms with Crippen molar-refractivity contribution in [3.8, 4) is 0 Å². The number of imide groups is 1. The minimum Gasteiger partial charge on any atom is -0.308 e. The monoisotopic (exact) mass is 291 g/mol. The summed E-state index contributed by atoms with van der Waals surface area (Å²) in [6.07, 6.45) is 0. The van der Waals surface area contributed by atoms with E-state index in [0.29, 0.717) is 11.6 Å². The molecule has 3 amide bonds. The number of urea groups is 1. The van der Waals surface area contributed by atoms with Crippen LogP contribution in [0, 0.1) is 5.92 Å². The topological polar surface area (TPSA) is 61.4 Å². The smallest absolute Gasteiger partial charge is 0.308 e. The summed E-state index contributed by atoms with van der Waals surface area (Å²) in [6.45, 7) is 9.33. The number of hydrogen-bond acceptors (Lipinski definition) is 3. The molecule has 1 aromatic rings. The predicted molar refractivity (Wildman–Crippen MR) is 85.2 cm³/mol. The van der Waals surface area contributed by atoms with Gasteiger partial charge in [0.1, 0.15) is 0 Å². The number of para-hydroxylation sites is 1. The van der Waals surface area contributed by atoms with E-state index in [1.165, 1.54) is 0 Å². The van der Waals surface area contributed by atoms with E-state index in [9.17, 15) is 9.59 Å². The van der Waals surface area contributed by atoms with Crippen molar-refractivity contribution in [1.29, 1.82) is 0 Å². The lowest BCUT2D eigenvalue weighted by Crippen LogP contribution is -2.46. The van der Waals surface area contributed by atoms with E-state index in [-0.39, 0.29) is 18.5 Å². The lowest BCUT2D eigenvalue weighted by molar-refractivity contribution is -0.121. The first-order valence-electron chi connectivity index (χ1n) is 7.34. The second kappa shape index (κ2) is 8.42. The maximum Gasteiger partial charge on any atom is 0.325 e. The number of nitrogens with zero attached hydrogens (tertiary/aromatic N) is 1. The normalized spacial score (nSPS) is 12.3. The third kappa shape index (κ3) is 5.95. The summed E-state index contributed by atoms with van der Waals surface area (Å²) < 4.78 is 0. The van der Waals surface area contributed by atoms with E-state index >= 15 is 0 Å². The lowest BCUT2D eigenvalue weighted by atomic mass is 10.0. The van der Waals surface area contributed by atoms with Gasteiger partial charge in [-0.3, -0.25) is 15.0 Å². The molecule has 0 aliphatic rings. The Morgan fingerprint density at radius 1 is 1.14 bits per heavy atom. The van der Waals surface area contributed by atoms with Crippen LogP contribution in [0.2, 0.25) is 0 Å². The van der Waals surface area contributed by atoms with Crippen molar-refractivity contribution in [1.82, 2.24) is 10.2 Å². The van der Waals surface area contributed by atoms with Crippen LogP contribution in [0.4, 0.5) is 10.5 Å². The Balaban J connectivity index is 2.47. The van der Waals surface area contributed by atoms with Gasteiger partial charge >= 0.3 is 6.03 Å². The molecule has 5 nitrogen and oxygen atoms in total. The minimum absolute atomic E-state index is 0.220. The molecule has 5 heteroatoms. The molecule has 21 heavy (non-hydrogen) atoms. The van der Waals surface area contributed by atoms with Crippen molar-refractivity contribution in [3.05, 3.63) is 30.3 Å². The maximum atomic E-state index is 11.9. The summed E-state index contributed by atoms with van der Waals surface area (Å²) in [6, 6.07) is 8.83. The van der Waals surface area contributed by atoms with Gasteiger partial charge in [0, 0.05) is 11.7 Å². The number of rotatable bonds is 6. The molecule has 0 fully saturated rings. The molecule has 116 valence electrons. The quantitative estimate of drug-likeness (QED) is 0.847. The zero-order valence-electron chi connectivity index (χ0n) is 13.2. The Hall–Kier alpha value is -1.88. The molecule has 0 heterocycles. The summed E-state index contributed by atoms with van der Waals surface area (Å²) in [4.78, 5) is 25.7. The third-order valence-electron chi connectivity index (χ3n) is 3.58. The predicted octanol–water partition coefficient (Wildman–Crippen LogP) is 2.70. The first-order valence-corrected chi connectivity index (χ1v) is 7.34. The van der Waals surface area contributed by atoms with Crippen LogP contribution in [0.3, 0.4) is 0 Å². The van der Waals surface area contributed by atoms with E-state index in [1.54, 1.807) is 12.1 Å². The molecule has 0 aliphatic heterocycles. The molecule has 2 N–H and O–H groups in total. The van der Waals surface area contributed by atoms with Crippen LogP contribution in [0.1, 0.15) is 27.7 Å². The average molecular weight is 291 g/mol. The first-order chi connectivity index (χ1) is 9.93. The van der Waals surface area contributed by atoms with E-state index in [0.717, 1.165) is 6.54 Å². The summed E-state index contributed by atoms with van der Waals surface area (Å²) in [7, 11) is 0. The van der Waals surface area contributed by atoms with Crippen molar-refractivity contribution in [2.75, 3.05) is 18.4 Å². The molecule has 0 bridgehead atoms. The van der Waals surface area contributed by atoms with Gasteiger partial charge < -0.3 is 5.32 Å². The number of hydrogen-bond donors (Lipinski definition) is 2. The van der Waals surface area contributed by atoms with Crippen LogP contribution >= 0.6 is 0 Å². The molecular formula is C16H25N3O2. The fourth-order valence-corrected chi connectivity index (χ4v) is 2.00. The number of benzene rings is 1. The molecule has 0 saturated carbocycles. The zero-order chi connectivity index (χ0) is 15.8. The second-order valence-electron chi connectivity index (χ2n) is 5.42. The fourth-order valence-electron chi connectivity index (χ4n) is 2.00. The van der Waals surface area contributed by atoms with Crippen LogP contribution in [-0.2, 0) is 4.79 Å². The Morgan fingerprint density at radius 3 is 2.29 bits per heavy atom. The number of anilines is 1. The number of nitrogens with one attached hydrogen (secondary N) is 2. The number of amides is 3. The van der Waals surface area contributed by atoms with Gasteiger partial charge in [-0.1, -0.05) is 39.0 Å². The molecule has 1 unspecified atom stereocenters. The van der Waals surface area contributed by atoms with Gasteiger partial charge in [0.25, 0.3) is 0 Å². The molecule has 0 saturated heterocycles. The number of carbonyl (C=O) groups is 2. The van der Waals surface area contributed by atoms with Gasteiger partial charge in [0.2, 0.25) is 5.91 Å². The highest BCUT2D eigenvalue weighted by atomic mass is 16.2. The van der Waals surface area contributed by atoms with Gasteiger partial charge in [-0.25, -0.2) is 4.79 Å². The summed E-state index contributed by atoms with van der Waals surface area (Å²) in [5.74, 6) is 0.161. The average Bonchev–Trinajstić information content (AvgIpc) is 2.44. The Bertz CT molecular complexity index is 460. The maximum absolute atomic E-state index is 11.9. The molecule has 0 spiro atoms. The lowest BCUT2D eigenvalue weighted by Gasteiger charge is -2.29. The van der Waals surface area contributed by atoms with Crippen molar-refractivity contribution >= 4 is 17.6 Å². The van der Waals surface area contributed by atoms with E-state index < -0.39 is 6.03 Å². The van der Waals surface area contributed by atoms with Crippen molar-refractivity contribution in [2.45, 2.75) is 33.7 Å². The highest BCUT2D eigenvalue weighted by molar-refractivity contribution is 6.01. The van der Waals surface area contributed by atoms with Crippen LogP contribution in [0.25, 0.3) is 0 Å². The molecule has 1 rings (SSSR count). The standard InChI is InChI=1S/C16H25N3O2/c1-5-19(13(4)12(2)3)11-15(20)18-16(21)17-14-9-7-6-8-10-14/h6-10,12-13H,5,11H2,1-4H3,(H2,17,18,20,21). The highest BCUT2D eigenvalue weighted by Gasteiger charge is 2.19. The SMILES string of the molecule is CCN(CC(=O)NC(=O)Nc1ccccc1)C(C)C(C)C. The van der Waals surface area contributed by atoms with Crippen LogP contribution < -0.4 is 10.6 Å². The van der Waals surface area contributed by atoms with E-state index in [1.807, 2.05) is 25.1 Å². The Labute approximate surface area is 126 Å². The minimum atomic E-state index is -0.501. The molecule has 1 aromatic carbocycles. The first kappa shape index (κ1) is 17.2. The summed E-state index contributed by atoms with van der Waals surface area (Å²) in [5.41, 5.74) is 0.658. The third-order valence-corrected chi connectivity index (χ3v) is 3.58. The largest absolute Gasteiger partial charge is 0.325 e. The molecular weight excluding hydrogens is 266 g/mol. The summed E-state index contributed by atoms with van der Waals surface area (Å²) in [5, 5.41) is 4.98. The van der Waals surface area contributed by atoms with Gasteiger partial charge in [0.05, 0.1) is 6.54 Å². The molecule has 0 aromatic heterocycles. The number of carbonyl (C=O) groups excluding carboxylic acids is 2. The van der Waals surface area contributed by atoms with E-state index in [4.69, 9.17) is 0 Å². The number of likely N-dealkylation sites (N-methyl/N-ethyl adjacent to an activating group) is 1. The fraction of sp³-hybridized carbons (Fsp3) is 0.500. The summed E-state index contributed by atoms with van der Waals surface area (Å²) >= 11 is 0. The highest BCUT2D eigenvalue weighted by Crippen LogP contribution is 2.09. The van der Waals surface area contributed by atoms with Gasteiger partial charge in [-0.2, -0.15) is 0 Å². The van der Waals surface area contributed by atoms with Crippen LogP contribution in [0.15, 0.2) is 30.3 Å². The van der Waals surface area contributed by atoms with Gasteiger partial charge in [-0.15, -0.1) is 0 Å². The van der Waals surface area contributed by atoms with Crippen LogP contribution in [0.5, 0.6) is 0 Å². The van der Waals surface area contributed by atoms with Crippen molar-refractivity contribution in [3.63, 3.8) is 0 Å².